The van der Waals surface area contributed by atoms with Crippen LogP contribution in [0, 0.1) is 0 Å². The minimum absolute atomic E-state index is 0.0222. The van der Waals surface area contributed by atoms with E-state index < -0.39 is 12.1 Å². The molecule has 0 bridgehead atoms. The Morgan fingerprint density at radius 2 is 1.91 bits per heavy atom. The summed E-state index contributed by atoms with van der Waals surface area (Å²) in [7, 11) is 0. The highest BCUT2D eigenvalue weighted by Gasteiger charge is 2.32. The van der Waals surface area contributed by atoms with Gasteiger partial charge in [0.15, 0.2) is 6.10 Å². The highest BCUT2D eigenvalue weighted by molar-refractivity contribution is 5.95. The lowest BCUT2D eigenvalue weighted by molar-refractivity contribution is -0.132. The van der Waals surface area contributed by atoms with Gasteiger partial charge >= 0.3 is 5.97 Å². The Hall–Kier alpha value is -2.37. The molecule has 122 valence electrons. The van der Waals surface area contributed by atoms with Crippen molar-refractivity contribution >= 4 is 17.8 Å². The van der Waals surface area contributed by atoms with E-state index >= 15 is 0 Å². The van der Waals surface area contributed by atoms with Gasteiger partial charge in [-0.05, 0) is 24.5 Å². The number of hydrogen-bond donors (Lipinski definition) is 1. The predicted molar refractivity (Wildman–Crippen MR) is 82.8 cm³/mol. The normalized spacial score (nSPS) is 21.3. The van der Waals surface area contributed by atoms with E-state index in [1.54, 1.807) is 24.0 Å². The van der Waals surface area contributed by atoms with Crippen molar-refractivity contribution in [2.75, 3.05) is 13.1 Å². The molecule has 0 spiro atoms. The number of piperidine rings is 1. The molecule has 2 heterocycles. The number of hydrogen-bond acceptors (Lipinski definition) is 4. The molecule has 0 saturated carbocycles. The number of likely N-dealkylation sites (tertiary alicyclic amines) is 1. The summed E-state index contributed by atoms with van der Waals surface area (Å²) in [4.78, 5) is 37.4. The van der Waals surface area contributed by atoms with Gasteiger partial charge < -0.3 is 15.0 Å². The Morgan fingerprint density at radius 3 is 2.61 bits per heavy atom. The van der Waals surface area contributed by atoms with Crippen molar-refractivity contribution in [3.63, 3.8) is 0 Å². The summed E-state index contributed by atoms with van der Waals surface area (Å²) < 4.78 is 5.26. The van der Waals surface area contributed by atoms with Crippen LogP contribution < -0.4 is 5.32 Å². The van der Waals surface area contributed by atoms with E-state index in [4.69, 9.17) is 4.74 Å². The third-order valence-corrected chi connectivity index (χ3v) is 4.47. The molecular formula is C17H20N2O4. The number of rotatable bonds is 2. The first-order valence-corrected chi connectivity index (χ1v) is 7.89. The lowest BCUT2D eigenvalue weighted by atomic mass is 9.97. The van der Waals surface area contributed by atoms with Gasteiger partial charge in [-0.25, -0.2) is 4.79 Å². The second-order valence-electron chi connectivity index (χ2n) is 6.04. The molecule has 6 heteroatoms. The average molecular weight is 316 g/mol. The molecule has 23 heavy (non-hydrogen) atoms. The number of esters is 1. The van der Waals surface area contributed by atoms with Gasteiger partial charge in [0.25, 0.3) is 5.91 Å². The number of ether oxygens (including phenoxy) is 1. The Labute approximate surface area is 134 Å². The van der Waals surface area contributed by atoms with Crippen LogP contribution in [-0.4, -0.2) is 47.9 Å². The van der Waals surface area contributed by atoms with E-state index in [1.807, 2.05) is 12.1 Å². The van der Waals surface area contributed by atoms with E-state index in [0.717, 1.165) is 18.4 Å². The molecule has 1 fully saturated rings. The van der Waals surface area contributed by atoms with E-state index in [0.29, 0.717) is 25.1 Å². The lowest BCUT2D eigenvalue weighted by Gasteiger charge is -2.33. The minimum Gasteiger partial charge on any atom is -0.448 e. The molecule has 1 aromatic rings. The largest absolute Gasteiger partial charge is 0.448 e. The average Bonchev–Trinajstić information content (AvgIpc) is 2.55. The van der Waals surface area contributed by atoms with E-state index in [1.165, 1.54) is 0 Å². The van der Waals surface area contributed by atoms with Gasteiger partial charge in [0.1, 0.15) is 0 Å². The molecule has 2 aliphatic rings. The molecule has 0 aliphatic carbocycles. The van der Waals surface area contributed by atoms with Crippen LogP contribution >= 0.6 is 0 Å². The number of carbonyl (C=O) groups is 3. The summed E-state index contributed by atoms with van der Waals surface area (Å²) in [5.41, 5.74) is 1.38. The van der Waals surface area contributed by atoms with Gasteiger partial charge in [0.05, 0.1) is 5.56 Å². The van der Waals surface area contributed by atoms with Crippen LogP contribution in [0.4, 0.5) is 0 Å². The van der Waals surface area contributed by atoms with Crippen LogP contribution in [0.2, 0.25) is 0 Å². The van der Waals surface area contributed by atoms with Gasteiger partial charge in [0, 0.05) is 32.5 Å². The van der Waals surface area contributed by atoms with Crippen molar-refractivity contribution in [1.29, 1.82) is 0 Å². The summed E-state index contributed by atoms with van der Waals surface area (Å²) in [6.45, 7) is 2.85. The second-order valence-corrected chi connectivity index (χ2v) is 6.04. The molecule has 0 aromatic heterocycles. The van der Waals surface area contributed by atoms with Crippen molar-refractivity contribution in [1.82, 2.24) is 10.2 Å². The van der Waals surface area contributed by atoms with Gasteiger partial charge in [-0.3, -0.25) is 9.59 Å². The highest BCUT2D eigenvalue weighted by Crippen LogP contribution is 2.21. The smallest absolute Gasteiger partial charge is 0.339 e. The Morgan fingerprint density at radius 1 is 1.22 bits per heavy atom. The van der Waals surface area contributed by atoms with Crippen LogP contribution in [0.15, 0.2) is 24.3 Å². The minimum atomic E-state index is -0.775. The molecule has 3 rings (SSSR count). The molecular weight excluding hydrogens is 296 g/mol. The standard InChI is InChI=1S/C17H20N2O4/c1-11(20)19-8-6-13(7-9-19)18-16(21)15-10-12-4-2-3-5-14(12)17(22)23-15/h2-5,13,15H,6-10H2,1H3,(H,18,21)/t15-/m1/s1. The topological polar surface area (TPSA) is 75.7 Å². The van der Waals surface area contributed by atoms with Crippen LogP contribution in [0.3, 0.4) is 0 Å². The number of fused-ring (bicyclic) bond motifs is 1. The van der Waals surface area contributed by atoms with Gasteiger partial charge in [0.2, 0.25) is 5.91 Å². The van der Waals surface area contributed by atoms with Crippen LogP contribution in [0.5, 0.6) is 0 Å². The number of nitrogens with zero attached hydrogens (tertiary/aromatic N) is 1. The molecule has 1 atom stereocenters. The summed E-state index contributed by atoms with van der Waals surface area (Å²) in [6.07, 6.45) is 1.08. The van der Waals surface area contributed by atoms with E-state index in [9.17, 15) is 14.4 Å². The van der Waals surface area contributed by atoms with Crippen molar-refractivity contribution in [3.8, 4) is 0 Å². The Balaban J connectivity index is 1.58. The number of cyclic esters (lactones) is 1. The van der Waals surface area contributed by atoms with Crippen molar-refractivity contribution in [3.05, 3.63) is 35.4 Å². The Bertz CT molecular complexity index is 635. The van der Waals surface area contributed by atoms with Crippen LogP contribution in [0.25, 0.3) is 0 Å². The molecule has 1 aromatic carbocycles. The fourth-order valence-electron chi connectivity index (χ4n) is 3.11. The predicted octanol–water partition coefficient (Wildman–Crippen LogP) is 0.895. The number of amides is 2. The fraction of sp³-hybridized carbons (Fsp3) is 0.471. The zero-order valence-electron chi connectivity index (χ0n) is 13.1. The number of benzene rings is 1. The number of nitrogens with one attached hydrogen (secondary N) is 1. The van der Waals surface area contributed by atoms with Crippen molar-refractivity contribution < 1.29 is 19.1 Å². The maximum atomic E-state index is 12.4. The molecule has 2 amide bonds. The molecule has 0 unspecified atom stereocenters. The van der Waals surface area contributed by atoms with Gasteiger partial charge in [-0.2, -0.15) is 0 Å². The SMILES string of the molecule is CC(=O)N1CCC(NC(=O)[C@H]2Cc3ccccc3C(=O)O2)CC1. The maximum absolute atomic E-state index is 12.4. The van der Waals surface area contributed by atoms with Gasteiger partial charge in [-0.15, -0.1) is 0 Å². The monoisotopic (exact) mass is 316 g/mol. The maximum Gasteiger partial charge on any atom is 0.339 e. The third kappa shape index (κ3) is 3.36. The summed E-state index contributed by atoms with van der Waals surface area (Å²) in [6, 6.07) is 7.21. The first-order valence-electron chi connectivity index (χ1n) is 7.89. The quantitative estimate of drug-likeness (QED) is 0.822. The third-order valence-electron chi connectivity index (χ3n) is 4.47. The number of carbonyl (C=O) groups excluding carboxylic acids is 3. The second kappa shape index (κ2) is 6.40. The molecule has 2 aliphatic heterocycles. The highest BCUT2D eigenvalue weighted by atomic mass is 16.5. The molecule has 1 N–H and O–H groups in total. The zero-order valence-corrected chi connectivity index (χ0v) is 13.1. The van der Waals surface area contributed by atoms with Crippen LogP contribution in [-0.2, 0) is 20.7 Å². The zero-order chi connectivity index (χ0) is 16.4. The Kier molecular flexibility index (Phi) is 4.32. The van der Waals surface area contributed by atoms with Crippen LogP contribution in [0.1, 0.15) is 35.7 Å². The molecule has 6 nitrogen and oxygen atoms in total. The molecule has 0 radical (unpaired) electrons. The van der Waals surface area contributed by atoms with E-state index in [-0.39, 0.29) is 17.9 Å². The first-order chi connectivity index (χ1) is 11.0. The van der Waals surface area contributed by atoms with Gasteiger partial charge in [-0.1, -0.05) is 18.2 Å². The lowest BCUT2D eigenvalue weighted by Crippen LogP contribution is -2.50. The summed E-state index contributed by atoms with van der Waals surface area (Å²) in [5.74, 6) is -0.639. The summed E-state index contributed by atoms with van der Waals surface area (Å²) >= 11 is 0. The van der Waals surface area contributed by atoms with Crippen molar-refractivity contribution in [2.45, 2.75) is 38.3 Å². The molecule has 1 saturated heterocycles. The van der Waals surface area contributed by atoms with E-state index in [2.05, 4.69) is 5.32 Å². The first kappa shape index (κ1) is 15.5. The fourth-order valence-corrected chi connectivity index (χ4v) is 3.11. The summed E-state index contributed by atoms with van der Waals surface area (Å²) in [5, 5.41) is 2.95. The van der Waals surface area contributed by atoms with Crippen molar-refractivity contribution in [2.24, 2.45) is 0 Å².